The van der Waals surface area contributed by atoms with Crippen LogP contribution in [0.15, 0.2) is 48.5 Å². The van der Waals surface area contributed by atoms with Gasteiger partial charge in [0.25, 0.3) is 0 Å². The van der Waals surface area contributed by atoms with E-state index in [1.54, 1.807) is 18.2 Å². The normalized spacial score (nSPS) is 12.4. The first kappa shape index (κ1) is 11.1. The number of hydrogen-bond acceptors (Lipinski definition) is 1. The molecule has 16 heavy (non-hydrogen) atoms. The Morgan fingerprint density at radius 1 is 1.00 bits per heavy atom. The van der Waals surface area contributed by atoms with Crippen LogP contribution in [0.2, 0.25) is 5.02 Å². The van der Waals surface area contributed by atoms with Gasteiger partial charge in [-0.25, -0.2) is 4.39 Å². The Kier molecular flexibility index (Phi) is 3.22. The second-order valence-corrected chi connectivity index (χ2v) is 3.89. The van der Waals surface area contributed by atoms with Crippen molar-refractivity contribution in [3.05, 3.63) is 70.5 Å². The van der Waals surface area contributed by atoms with Crippen LogP contribution in [0.1, 0.15) is 17.2 Å². The van der Waals surface area contributed by atoms with E-state index in [-0.39, 0.29) is 5.02 Å². The fourth-order valence-electron chi connectivity index (χ4n) is 1.51. The minimum atomic E-state index is -0.826. The zero-order valence-corrected chi connectivity index (χ0v) is 9.16. The van der Waals surface area contributed by atoms with Gasteiger partial charge in [0.2, 0.25) is 0 Å². The maximum absolute atomic E-state index is 13.2. The Morgan fingerprint density at radius 3 is 2.31 bits per heavy atom. The zero-order valence-electron chi connectivity index (χ0n) is 8.40. The largest absolute Gasteiger partial charge is 0.384 e. The first-order chi connectivity index (χ1) is 7.68. The standard InChI is InChI=1S/C13H10ClFO/c14-11-7-6-10(8-12(11)15)13(16)9-4-2-1-3-5-9/h1-8,13,16H/t13-/m1/s1. The highest BCUT2D eigenvalue weighted by molar-refractivity contribution is 6.30. The molecule has 0 saturated carbocycles. The Hall–Kier alpha value is -1.38. The predicted molar refractivity (Wildman–Crippen MR) is 61.9 cm³/mol. The molecule has 0 aromatic heterocycles. The quantitative estimate of drug-likeness (QED) is 0.845. The monoisotopic (exact) mass is 236 g/mol. The smallest absolute Gasteiger partial charge is 0.142 e. The molecule has 0 bridgehead atoms. The van der Waals surface area contributed by atoms with Crippen molar-refractivity contribution in [3.8, 4) is 0 Å². The van der Waals surface area contributed by atoms with Crippen LogP contribution in [-0.4, -0.2) is 5.11 Å². The third-order valence-electron chi connectivity index (χ3n) is 2.37. The number of benzene rings is 2. The first-order valence-electron chi connectivity index (χ1n) is 4.86. The van der Waals surface area contributed by atoms with Gasteiger partial charge in [0, 0.05) is 0 Å². The molecule has 2 aromatic rings. The van der Waals surface area contributed by atoms with Crippen molar-refractivity contribution < 1.29 is 9.50 Å². The van der Waals surface area contributed by atoms with E-state index in [1.165, 1.54) is 12.1 Å². The molecular formula is C13H10ClFO. The van der Waals surface area contributed by atoms with Crippen molar-refractivity contribution in [1.29, 1.82) is 0 Å². The molecule has 0 aliphatic rings. The Morgan fingerprint density at radius 2 is 1.69 bits per heavy atom. The maximum Gasteiger partial charge on any atom is 0.142 e. The van der Waals surface area contributed by atoms with Crippen molar-refractivity contribution in [3.63, 3.8) is 0 Å². The average Bonchev–Trinajstić information content (AvgIpc) is 2.33. The van der Waals surface area contributed by atoms with Gasteiger partial charge in [-0.1, -0.05) is 48.0 Å². The van der Waals surface area contributed by atoms with E-state index in [9.17, 15) is 9.50 Å². The summed E-state index contributed by atoms with van der Waals surface area (Å²) in [5.41, 5.74) is 1.22. The predicted octanol–water partition coefficient (Wildman–Crippen LogP) is 3.56. The SMILES string of the molecule is O[C@H](c1ccccc1)c1ccc(Cl)c(F)c1. The molecule has 0 unspecified atom stereocenters. The Balaban J connectivity index is 2.34. The van der Waals surface area contributed by atoms with E-state index in [4.69, 9.17) is 11.6 Å². The van der Waals surface area contributed by atoms with Crippen LogP contribution in [0.3, 0.4) is 0 Å². The summed E-state index contributed by atoms with van der Waals surface area (Å²) in [7, 11) is 0. The summed E-state index contributed by atoms with van der Waals surface area (Å²) < 4.78 is 13.2. The van der Waals surface area contributed by atoms with Crippen LogP contribution in [0, 0.1) is 5.82 Å². The lowest BCUT2D eigenvalue weighted by Crippen LogP contribution is -1.99. The molecule has 0 amide bonds. The van der Waals surface area contributed by atoms with Crippen molar-refractivity contribution in [2.75, 3.05) is 0 Å². The fourth-order valence-corrected chi connectivity index (χ4v) is 1.63. The van der Waals surface area contributed by atoms with Gasteiger partial charge in [-0.15, -0.1) is 0 Å². The summed E-state index contributed by atoms with van der Waals surface area (Å²) in [6, 6.07) is 13.4. The highest BCUT2D eigenvalue weighted by Crippen LogP contribution is 2.24. The molecule has 1 atom stereocenters. The summed E-state index contributed by atoms with van der Waals surface area (Å²) in [4.78, 5) is 0. The summed E-state index contributed by atoms with van der Waals surface area (Å²) in [5, 5.41) is 10.1. The molecule has 82 valence electrons. The molecule has 0 heterocycles. The number of hydrogen-bond donors (Lipinski definition) is 1. The van der Waals surface area contributed by atoms with E-state index in [0.29, 0.717) is 5.56 Å². The second-order valence-electron chi connectivity index (χ2n) is 3.49. The molecule has 0 spiro atoms. The van der Waals surface area contributed by atoms with E-state index in [0.717, 1.165) is 5.56 Å². The van der Waals surface area contributed by atoms with Crippen LogP contribution in [0.4, 0.5) is 4.39 Å². The first-order valence-corrected chi connectivity index (χ1v) is 5.24. The third-order valence-corrected chi connectivity index (χ3v) is 2.68. The molecule has 0 aliphatic carbocycles. The Labute approximate surface area is 98.1 Å². The van der Waals surface area contributed by atoms with Crippen LogP contribution >= 0.6 is 11.6 Å². The van der Waals surface area contributed by atoms with Gasteiger partial charge in [-0.3, -0.25) is 0 Å². The van der Waals surface area contributed by atoms with Crippen LogP contribution < -0.4 is 0 Å². The van der Waals surface area contributed by atoms with Gasteiger partial charge in [-0.05, 0) is 23.3 Å². The lowest BCUT2D eigenvalue weighted by molar-refractivity contribution is 0.220. The molecule has 0 fully saturated rings. The number of rotatable bonds is 2. The average molecular weight is 237 g/mol. The Bertz CT molecular complexity index is 485. The van der Waals surface area contributed by atoms with Crippen LogP contribution in [0.25, 0.3) is 0 Å². The van der Waals surface area contributed by atoms with Gasteiger partial charge in [0.15, 0.2) is 0 Å². The summed E-state index contributed by atoms with van der Waals surface area (Å²) in [5.74, 6) is -0.519. The molecule has 1 N–H and O–H groups in total. The van der Waals surface area contributed by atoms with E-state index in [2.05, 4.69) is 0 Å². The summed E-state index contributed by atoms with van der Waals surface area (Å²) >= 11 is 5.57. The third kappa shape index (κ3) is 2.23. The van der Waals surface area contributed by atoms with Gasteiger partial charge in [0.1, 0.15) is 11.9 Å². The second kappa shape index (κ2) is 4.64. The van der Waals surface area contributed by atoms with E-state index < -0.39 is 11.9 Å². The molecule has 0 saturated heterocycles. The topological polar surface area (TPSA) is 20.2 Å². The molecule has 0 radical (unpaired) electrons. The minimum Gasteiger partial charge on any atom is -0.384 e. The van der Waals surface area contributed by atoms with Gasteiger partial charge >= 0.3 is 0 Å². The van der Waals surface area contributed by atoms with Gasteiger partial charge in [-0.2, -0.15) is 0 Å². The fraction of sp³-hybridized carbons (Fsp3) is 0.0769. The maximum atomic E-state index is 13.2. The molecule has 1 nitrogen and oxygen atoms in total. The van der Waals surface area contributed by atoms with Gasteiger partial charge in [0.05, 0.1) is 5.02 Å². The van der Waals surface area contributed by atoms with E-state index in [1.807, 2.05) is 18.2 Å². The van der Waals surface area contributed by atoms with Crippen molar-refractivity contribution in [1.82, 2.24) is 0 Å². The van der Waals surface area contributed by atoms with Crippen LogP contribution in [-0.2, 0) is 0 Å². The minimum absolute atomic E-state index is 0.0593. The van der Waals surface area contributed by atoms with Crippen molar-refractivity contribution in [2.24, 2.45) is 0 Å². The van der Waals surface area contributed by atoms with E-state index >= 15 is 0 Å². The molecular weight excluding hydrogens is 227 g/mol. The zero-order chi connectivity index (χ0) is 11.5. The number of aliphatic hydroxyl groups excluding tert-OH is 1. The van der Waals surface area contributed by atoms with Gasteiger partial charge < -0.3 is 5.11 Å². The van der Waals surface area contributed by atoms with Crippen molar-refractivity contribution >= 4 is 11.6 Å². The highest BCUT2D eigenvalue weighted by Gasteiger charge is 2.11. The number of halogens is 2. The molecule has 2 aromatic carbocycles. The lowest BCUT2D eigenvalue weighted by atomic mass is 10.0. The molecule has 3 heteroatoms. The summed E-state index contributed by atoms with van der Waals surface area (Å²) in [6.07, 6.45) is -0.826. The molecule has 0 aliphatic heterocycles. The molecule has 2 rings (SSSR count). The lowest BCUT2D eigenvalue weighted by Gasteiger charge is -2.11. The number of aliphatic hydroxyl groups is 1. The van der Waals surface area contributed by atoms with Crippen LogP contribution in [0.5, 0.6) is 0 Å². The highest BCUT2D eigenvalue weighted by atomic mass is 35.5. The summed E-state index contributed by atoms with van der Waals surface area (Å²) in [6.45, 7) is 0. The van der Waals surface area contributed by atoms with Crippen molar-refractivity contribution in [2.45, 2.75) is 6.10 Å².